The number of benzene rings is 4. The summed E-state index contributed by atoms with van der Waals surface area (Å²) in [6, 6.07) is 40.0. The van der Waals surface area contributed by atoms with Crippen LogP contribution < -0.4 is 18.6 Å². The molecule has 5 aromatic rings. The van der Waals surface area contributed by atoms with Gasteiger partial charge in [0.15, 0.2) is 0 Å². The second-order valence-corrected chi connectivity index (χ2v) is 10.2. The quantitative estimate of drug-likeness (QED) is 0.316. The predicted molar refractivity (Wildman–Crippen MR) is 141 cm³/mol. The first-order valence-electron chi connectivity index (χ1n) is 11.6. The molecular weight excluding hydrogens is 520 g/mol. The summed E-state index contributed by atoms with van der Waals surface area (Å²) in [4.78, 5) is 2.50. The lowest BCUT2D eigenvalue weighted by molar-refractivity contribution is -2.00. The molecule has 0 unspecified atom stereocenters. The lowest BCUT2D eigenvalue weighted by Crippen LogP contribution is -2.68. The standard InChI is InChI=1S/C31H21OS.ClHO4/c1-3-11-22(12-4-1)27-19-24-15-7-9-17-28(24)32-29(27)20-25-21-31(23-13-5-2-6-14-23)33-30-18-10-8-16-26(25)30;2-1(3,4)5/h1-21H;(H,2,3,4,5)/q+1;/p-1. The summed E-state index contributed by atoms with van der Waals surface area (Å²) < 4.78 is 40.5. The molecule has 38 heavy (non-hydrogen) atoms. The highest BCUT2D eigenvalue weighted by atomic mass is 35.7. The van der Waals surface area contributed by atoms with Crippen molar-refractivity contribution in [1.29, 1.82) is 0 Å². The molecule has 1 aliphatic rings. The zero-order valence-corrected chi connectivity index (χ0v) is 21.5. The predicted octanol–water partition coefficient (Wildman–Crippen LogP) is 4.31. The van der Waals surface area contributed by atoms with E-state index in [-0.39, 0.29) is 0 Å². The van der Waals surface area contributed by atoms with E-state index in [1.807, 2.05) is 36.0 Å². The molecule has 188 valence electrons. The number of allylic oxidation sites excluding steroid dienone is 2. The Morgan fingerprint density at radius 1 is 0.632 bits per heavy atom. The summed E-state index contributed by atoms with van der Waals surface area (Å²) in [6.45, 7) is 0. The van der Waals surface area contributed by atoms with Crippen molar-refractivity contribution in [2.45, 2.75) is 4.90 Å². The average Bonchev–Trinajstić information content (AvgIpc) is 2.93. The third kappa shape index (κ3) is 6.38. The van der Waals surface area contributed by atoms with E-state index >= 15 is 0 Å². The van der Waals surface area contributed by atoms with E-state index < -0.39 is 10.2 Å². The van der Waals surface area contributed by atoms with Gasteiger partial charge in [0.1, 0.15) is 0 Å². The van der Waals surface area contributed by atoms with E-state index in [0.29, 0.717) is 0 Å². The summed E-state index contributed by atoms with van der Waals surface area (Å²) in [5, 5.41) is 1.10. The van der Waals surface area contributed by atoms with Crippen molar-refractivity contribution in [3.8, 4) is 11.1 Å². The minimum Gasteiger partial charge on any atom is -0.222 e. The number of fused-ring (bicyclic) bond motifs is 2. The second kappa shape index (κ2) is 11.3. The maximum Gasteiger partial charge on any atom is 0.362 e. The zero-order valence-electron chi connectivity index (χ0n) is 20.0. The van der Waals surface area contributed by atoms with Crippen LogP contribution in [0.5, 0.6) is 0 Å². The third-order valence-electron chi connectivity index (χ3n) is 5.84. The smallest absolute Gasteiger partial charge is 0.222 e. The Balaban J connectivity index is 0.000000540. The average molecular weight is 541 g/mol. The number of para-hydroxylation sites is 1. The molecule has 0 saturated heterocycles. The molecule has 6 rings (SSSR count). The Bertz CT molecular complexity index is 1620. The number of hydrogen-bond acceptors (Lipinski definition) is 5. The van der Waals surface area contributed by atoms with Crippen molar-refractivity contribution in [1.82, 2.24) is 0 Å². The third-order valence-corrected chi connectivity index (χ3v) is 6.99. The van der Waals surface area contributed by atoms with Crippen LogP contribution in [0.4, 0.5) is 0 Å². The molecule has 0 amide bonds. The molecule has 7 heteroatoms. The molecular formula is C31H21ClO5S. The molecule has 0 spiro atoms. The molecule has 5 nitrogen and oxygen atoms in total. The van der Waals surface area contributed by atoms with Crippen molar-refractivity contribution in [2.75, 3.05) is 0 Å². The molecule has 0 saturated carbocycles. The maximum atomic E-state index is 8.49. The van der Waals surface area contributed by atoms with Gasteiger partial charge < -0.3 is 0 Å². The molecule has 2 heterocycles. The summed E-state index contributed by atoms with van der Waals surface area (Å²) in [5.41, 5.74) is 6.72. The van der Waals surface area contributed by atoms with Gasteiger partial charge in [-0.05, 0) is 46.5 Å². The molecule has 1 aliphatic heterocycles. The largest absolute Gasteiger partial charge is 0.362 e. The van der Waals surface area contributed by atoms with Gasteiger partial charge in [-0.1, -0.05) is 103 Å². The first-order valence-corrected chi connectivity index (χ1v) is 13.7. The number of halogens is 1. The zero-order chi connectivity index (χ0) is 26.5. The molecule has 0 fully saturated rings. The Labute approximate surface area is 226 Å². The van der Waals surface area contributed by atoms with Crippen LogP contribution in [0.2, 0.25) is 0 Å². The van der Waals surface area contributed by atoms with Gasteiger partial charge in [0.05, 0.1) is 17.0 Å². The molecule has 0 atom stereocenters. The topological polar surface area (TPSA) is 104 Å². The van der Waals surface area contributed by atoms with Crippen LogP contribution in [0.15, 0.2) is 131 Å². The van der Waals surface area contributed by atoms with Crippen molar-refractivity contribution in [3.63, 3.8) is 0 Å². The molecule has 0 aliphatic carbocycles. The van der Waals surface area contributed by atoms with Gasteiger partial charge in [0.2, 0.25) is 0 Å². The van der Waals surface area contributed by atoms with Crippen molar-refractivity contribution in [3.05, 3.63) is 138 Å². The summed E-state index contributed by atoms with van der Waals surface area (Å²) in [6.07, 6.45) is 4.47. The Morgan fingerprint density at radius 3 is 1.92 bits per heavy atom. The minimum atomic E-state index is -4.94. The van der Waals surface area contributed by atoms with Gasteiger partial charge in [-0.15, -0.1) is 10.2 Å². The first-order chi connectivity index (χ1) is 18.3. The van der Waals surface area contributed by atoms with Crippen LogP contribution in [0.1, 0.15) is 16.9 Å². The van der Waals surface area contributed by atoms with Crippen LogP contribution >= 0.6 is 11.8 Å². The Kier molecular flexibility index (Phi) is 7.72. The molecule has 4 aromatic carbocycles. The molecule has 1 aromatic heterocycles. The van der Waals surface area contributed by atoms with E-state index in [9.17, 15) is 0 Å². The Hall–Kier alpha value is -3.75. The van der Waals surface area contributed by atoms with Crippen LogP contribution in [0, 0.1) is 10.2 Å². The second-order valence-electron chi connectivity index (χ2n) is 8.38. The van der Waals surface area contributed by atoms with Crippen LogP contribution in [0.3, 0.4) is 0 Å². The first kappa shape index (κ1) is 25.9. The van der Waals surface area contributed by atoms with Crippen molar-refractivity contribution in [2.24, 2.45) is 0 Å². The highest BCUT2D eigenvalue weighted by Crippen LogP contribution is 2.45. The Morgan fingerprint density at radius 2 is 1.21 bits per heavy atom. The number of rotatable bonds is 3. The van der Waals surface area contributed by atoms with Gasteiger partial charge >= 0.3 is 11.3 Å². The fourth-order valence-corrected chi connectivity index (χ4v) is 5.33. The minimum absolute atomic E-state index is 0.861. The van der Waals surface area contributed by atoms with Gasteiger partial charge in [0.25, 0.3) is 0 Å². The number of thioether (sulfide) groups is 1. The van der Waals surface area contributed by atoms with E-state index in [4.69, 9.17) is 23.1 Å². The van der Waals surface area contributed by atoms with E-state index in [1.54, 1.807) is 0 Å². The highest BCUT2D eigenvalue weighted by molar-refractivity contribution is 8.08. The molecule has 0 radical (unpaired) electrons. The van der Waals surface area contributed by atoms with Gasteiger partial charge in [0, 0.05) is 15.9 Å². The van der Waals surface area contributed by atoms with Gasteiger partial charge in [-0.25, -0.2) is 23.1 Å². The summed E-state index contributed by atoms with van der Waals surface area (Å²) in [7, 11) is -4.94. The normalized spacial score (nSPS) is 13.9. The summed E-state index contributed by atoms with van der Waals surface area (Å²) >= 11 is 1.82. The number of hydrogen-bond donors (Lipinski definition) is 0. The van der Waals surface area contributed by atoms with Crippen molar-refractivity contribution >= 4 is 39.3 Å². The molecule has 0 N–H and O–H groups in total. The maximum absolute atomic E-state index is 8.49. The fraction of sp³-hybridized carbons (Fsp3) is 0. The highest BCUT2D eigenvalue weighted by Gasteiger charge is 2.23. The van der Waals surface area contributed by atoms with E-state index in [2.05, 4.69) is 103 Å². The van der Waals surface area contributed by atoms with Crippen LogP contribution in [0.25, 0.3) is 38.7 Å². The van der Waals surface area contributed by atoms with E-state index in [1.165, 1.54) is 20.9 Å². The molecule has 0 bridgehead atoms. The van der Waals surface area contributed by atoms with Gasteiger partial charge in [-0.2, -0.15) is 0 Å². The fourth-order valence-electron chi connectivity index (χ4n) is 4.21. The lowest BCUT2D eigenvalue weighted by Gasteiger charge is -2.18. The van der Waals surface area contributed by atoms with Crippen LogP contribution in [-0.2, 0) is 0 Å². The SMILES string of the molecule is C1=C(c2ccccc2)Sc2ccccc2C1=Cc1[o+]c2ccccc2cc1-c1ccccc1.[O-][Cl+3]([O-])([O-])[O-]. The monoisotopic (exact) mass is 540 g/mol. The summed E-state index contributed by atoms with van der Waals surface area (Å²) in [5.74, 6) is 0.861. The van der Waals surface area contributed by atoms with E-state index in [0.717, 1.165) is 33.4 Å². The van der Waals surface area contributed by atoms with Crippen molar-refractivity contribution < 1.29 is 33.3 Å². The van der Waals surface area contributed by atoms with Crippen LogP contribution in [-0.4, -0.2) is 0 Å². The lowest BCUT2D eigenvalue weighted by atomic mass is 9.98. The van der Waals surface area contributed by atoms with Gasteiger partial charge in [-0.3, -0.25) is 0 Å².